The summed E-state index contributed by atoms with van der Waals surface area (Å²) in [6.07, 6.45) is 3.04. The van der Waals surface area contributed by atoms with Crippen LogP contribution in [0, 0.1) is 0 Å². The summed E-state index contributed by atoms with van der Waals surface area (Å²) in [5.74, 6) is 0.337. The maximum atomic E-state index is 12.1. The number of aromatic nitrogens is 2. The Morgan fingerprint density at radius 2 is 1.81 bits per heavy atom. The standard InChI is InChI=1S/C15H17ClN4O/c1-3-20(4-2)14(21)11-9-17-15(18-10-11)19-13-8-6-5-7-12(13)16/h5-10H,3-4H2,1-2H3,(H,17,18,19). The van der Waals surface area contributed by atoms with Crippen LogP contribution in [0.1, 0.15) is 24.2 Å². The Balaban J connectivity index is 2.12. The van der Waals surface area contributed by atoms with Crippen molar-refractivity contribution in [1.82, 2.24) is 14.9 Å². The van der Waals surface area contributed by atoms with Crippen molar-refractivity contribution in [3.63, 3.8) is 0 Å². The number of carbonyl (C=O) groups excluding carboxylic acids is 1. The molecule has 1 aromatic carbocycles. The zero-order valence-corrected chi connectivity index (χ0v) is 12.8. The van der Waals surface area contributed by atoms with Gasteiger partial charge in [-0.05, 0) is 26.0 Å². The summed E-state index contributed by atoms with van der Waals surface area (Å²) in [7, 11) is 0. The molecule has 1 heterocycles. The number of benzene rings is 1. The largest absolute Gasteiger partial charge is 0.339 e. The molecule has 0 aliphatic heterocycles. The van der Waals surface area contributed by atoms with Crippen LogP contribution in [0.2, 0.25) is 5.02 Å². The quantitative estimate of drug-likeness (QED) is 0.920. The Kier molecular flexibility index (Phi) is 5.11. The van der Waals surface area contributed by atoms with Gasteiger partial charge in [-0.25, -0.2) is 9.97 Å². The van der Waals surface area contributed by atoms with Crippen LogP contribution in [0.5, 0.6) is 0 Å². The van der Waals surface area contributed by atoms with Crippen molar-refractivity contribution in [3.05, 3.63) is 47.2 Å². The molecule has 5 nitrogen and oxygen atoms in total. The maximum Gasteiger partial charge on any atom is 0.256 e. The summed E-state index contributed by atoms with van der Waals surface area (Å²) in [6, 6.07) is 7.33. The lowest BCUT2D eigenvalue weighted by atomic mass is 10.3. The smallest absolute Gasteiger partial charge is 0.256 e. The van der Waals surface area contributed by atoms with Gasteiger partial charge in [-0.3, -0.25) is 4.79 Å². The van der Waals surface area contributed by atoms with Crippen LogP contribution < -0.4 is 5.32 Å². The summed E-state index contributed by atoms with van der Waals surface area (Å²) in [5.41, 5.74) is 1.20. The topological polar surface area (TPSA) is 58.1 Å². The minimum absolute atomic E-state index is 0.0655. The van der Waals surface area contributed by atoms with Gasteiger partial charge in [0.15, 0.2) is 0 Å². The van der Waals surface area contributed by atoms with E-state index in [1.54, 1.807) is 11.0 Å². The highest BCUT2D eigenvalue weighted by Crippen LogP contribution is 2.22. The molecule has 2 aromatic rings. The fourth-order valence-corrected chi connectivity index (χ4v) is 2.06. The highest BCUT2D eigenvalue weighted by molar-refractivity contribution is 6.33. The van der Waals surface area contributed by atoms with Crippen molar-refractivity contribution < 1.29 is 4.79 Å². The maximum absolute atomic E-state index is 12.1. The van der Waals surface area contributed by atoms with Crippen LogP contribution in [0.3, 0.4) is 0 Å². The first-order valence-electron chi connectivity index (χ1n) is 6.78. The number of carbonyl (C=O) groups is 1. The van der Waals surface area contributed by atoms with E-state index < -0.39 is 0 Å². The fourth-order valence-electron chi connectivity index (χ4n) is 1.88. The molecule has 0 saturated carbocycles. The van der Waals surface area contributed by atoms with Gasteiger partial charge in [0.25, 0.3) is 5.91 Å². The molecule has 2 rings (SSSR count). The van der Waals surface area contributed by atoms with Gasteiger partial charge in [0.2, 0.25) is 5.95 Å². The van der Waals surface area contributed by atoms with Crippen molar-refractivity contribution in [1.29, 1.82) is 0 Å². The van der Waals surface area contributed by atoms with Crippen molar-refractivity contribution in [2.75, 3.05) is 18.4 Å². The summed E-state index contributed by atoms with van der Waals surface area (Å²) >= 11 is 6.06. The molecule has 0 aliphatic carbocycles. The molecule has 110 valence electrons. The van der Waals surface area contributed by atoms with E-state index in [4.69, 9.17) is 11.6 Å². The number of amides is 1. The Morgan fingerprint density at radius 1 is 1.19 bits per heavy atom. The molecule has 1 amide bonds. The zero-order chi connectivity index (χ0) is 15.2. The molecule has 0 fully saturated rings. The molecular formula is C15H17ClN4O. The molecule has 0 radical (unpaired) electrons. The number of anilines is 2. The molecule has 0 bridgehead atoms. The van der Waals surface area contributed by atoms with Crippen molar-refractivity contribution >= 4 is 29.1 Å². The highest BCUT2D eigenvalue weighted by atomic mass is 35.5. The summed E-state index contributed by atoms with van der Waals surface area (Å²) < 4.78 is 0. The van der Waals surface area contributed by atoms with Crippen molar-refractivity contribution in [2.24, 2.45) is 0 Å². The first-order valence-corrected chi connectivity index (χ1v) is 7.16. The number of nitrogens with one attached hydrogen (secondary N) is 1. The average Bonchev–Trinajstić information content (AvgIpc) is 2.51. The van der Waals surface area contributed by atoms with Crippen LogP contribution >= 0.6 is 11.6 Å². The predicted octanol–water partition coefficient (Wildman–Crippen LogP) is 3.36. The molecule has 1 aromatic heterocycles. The minimum Gasteiger partial charge on any atom is -0.339 e. The lowest BCUT2D eigenvalue weighted by Crippen LogP contribution is -2.30. The van der Waals surface area contributed by atoms with Crippen LogP contribution in [-0.4, -0.2) is 33.9 Å². The Bertz CT molecular complexity index is 611. The normalized spacial score (nSPS) is 10.2. The van der Waals surface area contributed by atoms with Gasteiger partial charge in [0.05, 0.1) is 16.3 Å². The minimum atomic E-state index is -0.0655. The van der Waals surface area contributed by atoms with Crippen molar-refractivity contribution in [3.8, 4) is 0 Å². The monoisotopic (exact) mass is 304 g/mol. The molecule has 0 spiro atoms. The van der Waals surface area contributed by atoms with E-state index in [-0.39, 0.29) is 5.91 Å². The van der Waals surface area contributed by atoms with Crippen molar-refractivity contribution in [2.45, 2.75) is 13.8 Å². The van der Waals surface area contributed by atoms with Crippen LogP contribution in [-0.2, 0) is 0 Å². The van der Waals surface area contributed by atoms with Gasteiger partial charge in [-0.1, -0.05) is 23.7 Å². The summed E-state index contributed by atoms with van der Waals surface area (Å²) in [6.45, 7) is 5.20. The van der Waals surface area contributed by atoms with Gasteiger partial charge in [-0.2, -0.15) is 0 Å². The second kappa shape index (κ2) is 7.04. The molecule has 0 atom stereocenters. The molecule has 0 aliphatic rings. The number of para-hydroxylation sites is 1. The molecule has 21 heavy (non-hydrogen) atoms. The fraction of sp³-hybridized carbons (Fsp3) is 0.267. The van der Waals surface area contributed by atoms with E-state index in [1.807, 2.05) is 32.0 Å². The Labute approximate surface area is 129 Å². The zero-order valence-electron chi connectivity index (χ0n) is 12.0. The van der Waals surface area contributed by atoms with Gasteiger partial charge in [0, 0.05) is 25.5 Å². The molecule has 0 saturated heterocycles. The predicted molar refractivity (Wildman–Crippen MR) is 84.0 cm³/mol. The van der Waals surface area contributed by atoms with Gasteiger partial charge < -0.3 is 10.2 Å². The second-order valence-electron chi connectivity index (χ2n) is 4.38. The van der Waals surface area contributed by atoms with E-state index in [2.05, 4.69) is 15.3 Å². The van der Waals surface area contributed by atoms with Crippen LogP contribution in [0.25, 0.3) is 0 Å². The number of halogens is 1. The third kappa shape index (κ3) is 3.70. The summed E-state index contributed by atoms with van der Waals surface area (Å²) in [5, 5.41) is 3.60. The van der Waals surface area contributed by atoms with E-state index in [9.17, 15) is 4.79 Å². The third-order valence-electron chi connectivity index (χ3n) is 3.07. The molecule has 6 heteroatoms. The number of rotatable bonds is 5. The number of hydrogen-bond acceptors (Lipinski definition) is 4. The van der Waals surface area contributed by atoms with E-state index >= 15 is 0 Å². The first kappa shape index (κ1) is 15.3. The van der Waals surface area contributed by atoms with E-state index in [0.717, 1.165) is 5.69 Å². The third-order valence-corrected chi connectivity index (χ3v) is 3.40. The first-order chi connectivity index (χ1) is 10.2. The number of hydrogen-bond donors (Lipinski definition) is 1. The Hall–Kier alpha value is -2.14. The molecule has 1 N–H and O–H groups in total. The number of nitrogens with zero attached hydrogens (tertiary/aromatic N) is 3. The lowest BCUT2D eigenvalue weighted by Gasteiger charge is -2.18. The lowest BCUT2D eigenvalue weighted by molar-refractivity contribution is 0.0772. The average molecular weight is 305 g/mol. The molecular weight excluding hydrogens is 288 g/mol. The molecule has 0 unspecified atom stereocenters. The van der Waals surface area contributed by atoms with Gasteiger partial charge in [0.1, 0.15) is 0 Å². The summed E-state index contributed by atoms with van der Waals surface area (Å²) in [4.78, 5) is 22.2. The van der Waals surface area contributed by atoms with Gasteiger partial charge >= 0.3 is 0 Å². The van der Waals surface area contributed by atoms with Crippen LogP contribution in [0.4, 0.5) is 11.6 Å². The highest BCUT2D eigenvalue weighted by Gasteiger charge is 2.13. The van der Waals surface area contributed by atoms with E-state index in [1.165, 1.54) is 12.4 Å². The van der Waals surface area contributed by atoms with Gasteiger partial charge in [-0.15, -0.1) is 0 Å². The van der Waals surface area contributed by atoms with E-state index in [0.29, 0.717) is 29.6 Å². The Morgan fingerprint density at radius 3 is 2.38 bits per heavy atom. The second-order valence-corrected chi connectivity index (χ2v) is 4.78. The SMILES string of the molecule is CCN(CC)C(=O)c1cnc(Nc2ccccc2Cl)nc1. The van der Waals surface area contributed by atoms with Crippen LogP contribution in [0.15, 0.2) is 36.7 Å².